The van der Waals surface area contributed by atoms with Crippen molar-refractivity contribution in [2.24, 2.45) is 0 Å². The van der Waals surface area contributed by atoms with Gasteiger partial charge in [0, 0.05) is 5.33 Å². The van der Waals surface area contributed by atoms with Gasteiger partial charge in [-0.1, -0.05) is 15.9 Å². The molecule has 0 bridgehead atoms. The Kier molecular flexibility index (Phi) is 6.40. The zero-order valence-corrected chi connectivity index (χ0v) is 15.1. The van der Waals surface area contributed by atoms with Crippen LogP contribution in [0, 0.1) is 6.92 Å². The summed E-state index contributed by atoms with van der Waals surface area (Å²) < 4.78 is 11.8. The first kappa shape index (κ1) is 18.5. The molecule has 0 atom stereocenters. The summed E-state index contributed by atoms with van der Waals surface area (Å²) in [6.45, 7) is 9.44. The van der Waals surface area contributed by atoms with Crippen LogP contribution in [0.1, 0.15) is 43.9 Å². The van der Waals surface area contributed by atoms with E-state index in [1.54, 1.807) is 34.6 Å². The molecule has 0 unspecified atom stereocenters. The van der Waals surface area contributed by atoms with Gasteiger partial charge in [0.1, 0.15) is 5.60 Å². The number of aryl methyl sites for hydroxylation is 2. The molecule has 0 saturated heterocycles. The quantitative estimate of drug-likeness (QED) is 0.631. The van der Waals surface area contributed by atoms with Gasteiger partial charge in [0.2, 0.25) is 0 Å². The van der Waals surface area contributed by atoms with Crippen LogP contribution in [0.25, 0.3) is 0 Å². The number of nitrogens with one attached hydrogen (secondary N) is 1. The Balaban J connectivity index is 3.11. The zero-order valence-electron chi connectivity index (χ0n) is 13.5. The maximum atomic E-state index is 12.2. The average Bonchev–Trinajstić information content (AvgIpc) is 2.64. The summed E-state index contributed by atoms with van der Waals surface area (Å²) in [4.78, 5) is 24.1. The minimum absolute atomic E-state index is 0.213. The molecule has 0 aliphatic rings. The van der Waals surface area contributed by atoms with E-state index >= 15 is 0 Å². The summed E-state index contributed by atoms with van der Waals surface area (Å²) in [5.74, 6) is -0.532. The molecule has 8 heteroatoms. The fourth-order valence-corrected chi connectivity index (χ4v) is 2.12. The maximum absolute atomic E-state index is 12.2. The van der Waals surface area contributed by atoms with Crippen molar-refractivity contribution in [3.05, 3.63) is 11.4 Å². The monoisotopic (exact) mass is 375 g/mol. The van der Waals surface area contributed by atoms with Crippen molar-refractivity contribution in [1.82, 2.24) is 9.78 Å². The van der Waals surface area contributed by atoms with E-state index in [9.17, 15) is 9.59 Å². The van der Waals surface area contributed by atoms with Crippen LogP contribution in [0.5, 0.6) is 0 Å². The minimum atomic E-state index is -0.639. The Bertz CT molecular complexity index is 549. The molecule has 0 spiro atoms. The number of alkyl halides is 1. The van der Waals surface area contributed by atoms with Crippen LogP contribution in [0.2, 0.25) is 0 Å². The number of carbonyl (C=O) groups is 2. The molecule has 22 heavy (non-hydrogen) atoms. The first-order valence-corrected chi connectivity index (χ1v) is 8.12. The van der Waals surface area contributed by atoms with Gasteiger partial charge in [-0.25, -0.2) is 9.59 Å². The largest absolute Gasteiger partial charge is 0.461 e. The second kappa shape index (κ2) is 7.62. The highest BCUT2D eigenvalue weighted by molar-refractivity contribution is 9.09. The minimum Gasteiger partial charge on any atom is -0.461 e. The predicted octanol–water partition coefficient (Wildman–Crippen LogP) is 3.11. The molecule has 0 radical (unpaired) electrons. The van der Waals surface area contributed by atoms with E-state index in [1.807, 2.05) is 0 Å². The van der Waals surface area contributed by atoms with Crippen LogP contribution in [-0.4, -0.2) is 39.4 Å². The van der Waals surface area contributed by atoms with Crippen LogP contribution in [0.4, 0.5) is 10.5 Å². The van der Waals surface area contributed by atoms with Crippen LogP contribution < -0.4 is 5.32 Å². The van der Waals surface area contributed by atoms with E-state index in [0.29, 0.717) is 23.3 Å². The SMILES string of the molecule is CCOC(=O)c1c(NC(=O)OC(C)(C)C)c(C)nn1CCBr. The number of rotatable bonds is 5. The first-order valence-electron chi connectivity index (χ1n) is 7.00. The number of carbonyl (C=O) groups excluding carboxylic acids is 2. The van der Waals surface area contributed by atoms with Gasteiger partial charge in [-0.15, -0.1) is 0 Å². The summed E-state index contributed by atoms with van der Waals surface area (Å²) in [6.07, 6.45) is -0.639. The van der Waals surface area contributed by atoms with Crippen LogP contribution >= 0.6 is 15.9 Å². The van der Waals surface area contributed by atoms with E-state index in [2.05, 4.69) is 26.3 Å². The molecule has 0 saturated carbocycles. The fourth-order valence-electron chi connectivity index (χ4n) is 1.79. The van der Waals surface area contributed by atoms with E-state index in [1.165, 1.54) is 4.68 Å². The highest BCUT2D eigenvalue weighted by Gasteiger charge is 2.26. The smallest absolute Gasteiger partial charge is 0.412 e. The molecule has 0 aromatic carbocycles. The second-order valence-corrected chi connectivity index (χ2v) is 6.36. The third-order valence-electron chi connectivity index (χ3n) is 2.52. The Morgan fingerprint density at radius 1 is 1.36 bits per heavy atom. The Labute approximate surface area is 138 Å². The van der Waals surface area contributed by atoms with E-state index in [-0.39, 0.29) is 12.3 Å². The third kappa shape index (κ3) is 5.01. The molecule has 0 aliphatic heterocycles. The lowest BCUT2D eigenvalue weighted by atomic mass is 10.2. The van der Waals surface area contributed by atoms with Crippen molar-refractivity contribution in [3.63, 3.8) is 0 Å². The lowest BCUT2D eigenvalue weighted by molar-refractivity contribution is 0.0513. The number of halogens is 1. The molecule has 1 aromatic rings. The molecule has 1 heterocycles. The normalized spacial score (nSPS) is 11.2. The number of aromatic nitrogens is 2. The molecular weight excluding hydrogens is 354 g/mol. The third-order valence-corrected chi connectivity index (χ3v) is 2.87. The van der Waals surface area contributed by atoms with Crippen molar-refractivity contribution in [1.29, 1.82) is 0 Å². The van der Waals surface area contributed by atoms with E-state index < -0.39 is 17.7 Å². The van der Waals surface area contributed by atoms with Crippen molar-refractivity contribution >= 4 is 33.7 Å². The van der Waals surface area contributed by atoms with Gasteiger partial charge in [-0.3, -0.25) is 10.00 Å². The number of esters is 1. The summed E-state index contributed by atoms with van der Waals surface area (Å²) >= 11 is 3.31. The molecule has 0 fully saturated rings. The van der Waals surface area contributed by atoms with Crippen LogP contribution in [0.15, 0.2) is 0 Å². The van der Waals surface area contributed by atoms with Gasteiger partial charge in [-0.2, -0.15) is 5.10 Å². The van der Waals surface area contributed by atoms with Gasteiger partial charge < -0.3 is 9.47 Å². The molecule has 1 amide bonds. The molecule has 1 N–H and O–H groups in total. The zero-order chi connectivity index (χ0) is 16.9. The number of hydrogen-bond donors (Lipinski definition) is 1. The van der Waals surface area contributed by atoms with E-state index in [4.69, 9.17) is 9.47 Å². The fraction of sp³-hybridized carbons (Fsp3) is 0.643. The molecule has 1 rings (SSSR count). The highest BCUT2D eigenvalue weighted by atomic mass is 79.9. The van der Waals surface area contributed by atoms with Gasteiger partial charge in [-0.05, 0) is 34.6 Å². The average molecular weight is 376 g/mol. The molecule has 0 aliphatic carbocycles. The van der Waals surface area contributed by atoms with Gasteiger partial charge >= 0.3 is 12.1 Å². The van der Waals surface area contributed by atoms with Crippen molar-refractivity contribution < 1.29 is 19.1 Å². The molecule has 124 valence electrons. The highest BCUT2D eigenvalue weighted by Crippen LogP contribution is 2.23. The Morgan fingerprint density at radius 2 is 2.00 bits per heavy atom. The first-order chi connectivity index (χ1) is 10.2. The molecular formula is C14H22BrN3O4. The summed E-state index contributed by atoms with van der Waals surface area (Å²) in [5.41, 5.74) is 0.418. The van der Waals surface area contributed by atoms with Crippen LogP contribution in [-0.2, 0) is 16.0 Å². The van der Waals surface area contributed by atoms with Gasteiger partial charge in [0.25, 0.3) is 0 Å². The standard InChI is InChI=1S/C14H22BrN3O4/c1-6-21-12(19)11-10(9(2)17-18(11)8-7-15)16-13(20)22-14(3,4)5/h6-8H2,1-5H3,(H,16,20). The number of anilines is 1. The summed E-state index contributed by atoms with van der Waals surface area (Å²) in [7, 11) is 0. The number of amides is 1. The van der Waals surface area contributed by atoms with Gasteiger partial charge in [0.15, 0.2) is 5.69 Å². The van der Waals surface area contributed by atoms with Crippen molar-refractivity contribution in [3.8, 4) is 0 Å². The lowest BCUT2D eigenvalue weighted by Crippen LogP contribution is -2.28. The summed E-state index contributed by atoms with van der Waals surface area (Å²) in [5, 5.41) is 7.48. The Hall–Kier alpha value is -1.57. The second-order valence-electron chi connectivity index (χ2n) is 5.57. The topological polar surface area (TPSA) is 82.4 Å². The van der Waals surface area contributed by atoms with Crippen molar-refractivity contribution in [2.75, 3.05) is 17.3 Å². The van der Waals surface area contributed by atoms with Crippen LogP contribution in [0.3, 0.4) is 0 Å². The number of ether oxygens (including phenoxy) is 2. The Morgan fingerprint density at radius 3 is 2.50 bits per heavy atom. The van der Waals surface area contributed by atoms with E-state index in [0.717, 1.165) is 0 Å². The summed E-state index contributed by atoms with van der Waals surface area (Å²) in [6, 6.07) is 0. The van der Waals surface area contributed by atoms with Crippen molar-refractivity contribution in [2.45, 2.75) is 46.8 Å². The lowest BCUT2D eigenvalue weighted by Gasteiger charge is -2.19. The van der Waals surface area contributed by atoms with Gasteiger partial charge in [0.05, 0.1) is 24.5 Å². The number of hydrogen-bond acceptors (Lipinski definition) is 5. The predicted molar refractivity (Wildman–Crippen MR) is 86.6 cm³/mol. The number of nitrogens with zero attached hydrogens (tertiary/aromatic N) is 2. The molecule has 1 aromatic heterocycles. The molecule has 7 nitrogen and oxygen atoms in total. The maximum Gasteiger partial charge on any atom is 0.412 e.